The van der Waals surface area contributed by atoms with Gasteiger partial charge in [0, 0.05) is 16.7 Å². The summed E-state index contributed by atoms with van der Waals surface area (Å²) >= 11 is 6.00. The van der Waals surface area contributed by atoms with E-state index >= 15 is 0 Å². The van der Waals surface area contributed by atoms with E-state index in [-0.39, 0.29) is 5.78 Å². The molecule has 0 saturated heterocycles. The van der Waals surface area contributed by atoms with Gasteiger partial charge in [0.1, 0.15) is 0 Å². The van der Waals surface area contributed by atoms with Crippen molar-refractivity contribution in [2.24, 2.45) is 5.92 Å². The van der Waals surface area contributed by atoms with Gasteiger partial charge in [-0.05, 0) is 31.7 Å². The number of carbonyl (C=O) groups excluding carboxylic acids is 1. The van der Waals surface area contributed by atoms with E-state index < -0.39 is 0 Å². The number of ketones is 1. The summed E-state index contributed by atoms with van der Waals surface area (Å²) in [5.74, 6) is 0.455. The fourth-order valence-corrected chi connectivity index (χ4v) is 1.80. The molecule has 15 heavy (non-hydrogen) atoms. The Morgan fingerprint density at radius 1 is 1.47 bits per heavy atom. The van der Waals surface area contributed by atoms with E-state index in [0.29, 0.717) is 16.5 Å². The van der Waals surface area contributed by atoms with Crippen molar-refractivity contribution >= 4 is 17.4 Å². The Kier molecular flexibility index (Phi) is 2.92. The fourth-order valence-electron chi connectivity index (χ4n) is 1.48. The minimum absolute atomic E-state index is 0.00981. The van der Waals surface area contributed by atoms with Crippen LogP contribution in [0.4, 0.5) is 0 Å². The molecule has 0 N–H and O–H groups in total. The van der Waals surface area contributed by atoms with Crippen LogP contribution >= 0.6 is 11.6 Å². The predicted octanol–water partition coefficient (Wildman–Crippen LogP) is 3.71. The van der Waals surface area contributed by atoms with Gasteiger partial charge in [-0.2, -0.15) is 0 Å². The fraction of sp³-hybridized carbons (Fsp3) is 0.308. The second-order valence-corrected chi connectivity index (χ2v) is 4.47. The number of aryl methyl sites for hydroxylation is 1. The van der Waals surface area contributed by atoms with E-state index in [1.54, 1.807) is 6.08 Å². The maximum Gasteiger partial charge on any atom is 0.187 e. The lowest BCUT2D eigenvalue weighted by Crippen LogP contribution is -1.96. The molecule has 0 aliphatic heterocycles. The lowest BCUT2D eigenvalue weighted by atomic mass is 10.1. The van der Waals surface area contributed by atoms with Gasteiger partial charge in [0.05, 0.1) is 0 Å². The van der Waals surface area contributed by atoms with E-state index in [1.165, 1.54) is 0 Å². The van der Waals surface area contributed by atoms with Crippen molar-refractivity contribution in [1.29, 1.82) is 0 Å². The molecule has 0 unspecified atom stereocenters. The van der Waals surface area contributed by atoms with Crippen LogP contribution in [0.2, 0.25) is 0 Å². The highest BCUT2D eigenvalue weighted by Gasteiger charge is 2.25. The van der Waals surface area contributed by atoms with Crippen LogP contribution in [0.3, 0.4) is 0 Å². The monoisotopic (exact) mass is 220 g/mol. The third kappa shape index (κ3) is 2.69. The smallest absolute Gasteiger partial charge is 0.187 e. The zero-order chi connectivity index (χ0) is 10.8. The Morgan fingerprint density at radius 3 is 2.80 bits per heavy atom. The van der Waals surface area contributed by atoms with Crippen molar-refractivity contribution in [3.8, 4) is 0 Å². The highest BCUT2D eigenvalue weighted by molar-refractivity contribution is 6.32. The third-order valence-electron chi connectivity index (χ3n) is 2.54. The number of hydrogen-bond acceptors (Lipinski definition) is 1. The Labute approximate surface area is 94.8 Å². The highest BCUT2D eigenvalue weighted by Crippen LogP contribution is 2.38. The van der Waals surface area contributed by atoms with Crippen LogP contribution in [0, 0.1) is 12.8 Å². The SMILES string of the molecule is Cc1cccc(C(=O)/C=C(/Cl)C2CC2)c1. The quantitative estimate of drug-likeness (QED) is 0.561. The molecule has 1 fully saturated rings. The predicted molar refractivity (Wildman–Crippen MR) is 62.2 cm³/mol. The van der Waals surface area contributed by atoms with Gasteiger partial charge in [0.2, 0.25) is 0 Å². The summed E-state index contributed by atoms with van der Waals surface area (Å²) in [5.41, 5.74) is 1.81. The molecule has 0 bridgehead atoms. The second kappa shape index (κ2) is 4.19. The Morgan fingerprint density at radius 2 is 2.20 bits per heavy atom. The molecule has 0 aromatic heterocycles. The first kappa shape index (κ1) is 10.4. The van der Waals surface area contributed by atoms with Crippen molar-refractivity contribution in [3.63, 3.8) is 0 Å². The summed E-state index contributed by atoms with van der Waals surface area (Å²) in [4.78, 5) is 11.8. The Bertz CT molecular complexity index is 416. The number of rotatable bonds is 3. The van der Waals surface area contributed by atoms with Crippen LogP contribution in [0.15, 0.2) is 35.4 Å². The molecule has 0 amide bonds. The standard InChI is InChI=1S/C13H13ClO/c1-9-3-2-4-11(7-9)13(15)8-12(14)10-5-6-10/h2-4,7-8,10H,5-6H2,1H3/b12-8+. The molecule has 2 rings (SSSR count). The summed E-state index contributed by atoms with van der Waals surface area (Å²) < 4.78 is 0. The van der Waals surface area contributed by atoms with Gasteiger partial charge in [0.25, 0.3) is 0 Å². The van der Waals surface area contributed by atoms with Gasteiger partial charge in [-0.25, -0.2) is 0 Å². The molecule has 1 nitrogen and oxygen atoms in total. The first-order valence-corrected chi connectivity index (χ1v) is 5.52. The van der Waals surface area contributed by atoms with Crippen LogP contribution in [-0.4, -0.2) is 5.78 Å². The molecule has 0 heterocycles. The van der Waals surface area contributed by atoms with Crippen LogP contribution in [0.1, 0.15) is 28.8 Å². The average molecular weight is 221 g/mol. The first-order chi connectivity index (χ1) is 7.16. The van der Waals surface area contributed by atoms with Crippen LogP contribution in [0.25, 0.3) is 0 Å². The maximum atomic E-state index is 11.8. The van der Waals surface area contributed by atoms with E-state index in [0.717, 1.165) is 18.4 Å². The van der Waals surface area contributed by atoms with E-state index in [9.17, 15) is 4.79 Å². The molecular weight excluding hydrogens is 208 g/mol. The number of allylic oxidation sites excluding steroid dienone is 2. The number of hydrogen-bond donors (Lipinski definition) is 0. The van der Waals surface area contributed by atoms with Crippen molar-refractivity contribution in [1.82, 2.24) is 0 Å². The van der Waals surface area contributed by atoms with Crippen LogP contribution in [-0.2, 0) is 0 Å². The van der Waals surface area contributed by atoms with Crippen molar-refractivity contribution in [2.45, 2.75) is 19.8 Å². The summed E-state index contributed by atoms with van der Waals surface area (Å²) in [6.07, 6.45) is 3.81. The normalized spacial score (nSPS) is 16.5. The van der Waals surface area contributed by atoms with E-state index in [4.69, 9.17) is 11.6 Å². The van der Waals surface area contributed by atoms with Gasteiger partial charge in [0.15, 0.2) is 5.78 Å². The summed E-state index contributed by atoms with van der Waals surface area (Å²) in [5, 5.41) is 0.710. The molecule has 2 heteroatoms. The third-order valence-corrected chi connectivity index (χ3v) is 2.96. The van der Waals surface area contributed by atoms with Gasteiger partial charge < -0.3 is 0 Å². The van der Waals surface area contributed by atoms with Crippen molar-refractivity contribution in [3.05, 3.63) is 46.5 Å². The van der Waals surface area contributed by atoms with Crippen molar-refractivity contribution in [2.75, 3.05) is 0 Å². The lowest BCUT2D eigenvalue weighted by Gasteiger charge is -1.98. The summed E-state index contributed by atoms with van der Waals surface area (Å²) in [6.45, 7) is 1.98. The average Bonchev–Trinajstić information content (AvgIpc) is 3.00. The largest absolute Gasteiger partial charge is 0.289 e. The molecule has 0 spiro atoms. The van der Waals surface area contributed by atoms with E-state index in [1.807, 2.05) is 31.2 Å². The molecule has 1 aliphatic rings. The topological polar surface area (TPSA) is 17.1 Å². The zero-order valence-corrected chi connectivity index (χ0v) is 9.42. The zero-order valence-electron chi connectivity index (χ0n) is 8.66. The van der Waals surface area contributed by atoms with Crippen LogP contribution < -0.4 is 0 Å². The molecule has 0 radical (unpaired) electrons. The number of carbonyl (C=O) groups is 1. The number of benzene rings is 1. The van der Waals surface area contributed by atoms with Gasteiger partial charge in [-0.15, -0.1) is 0 Å². The first-order valence-electron chi connectivity index (χ1n) is 5.15. The second-order valence-electron chi connectivity index (χ2n) is 4.04. The summed E-state index contributed by atoms with van der Waals surface area (Å²) in [6, 6.07) is 7.57. The minimum Gasteiger partial charge on any atom is -0.289 e. The lowest BCUT2D eigenvalue weighted by molar-refractivity contribution is 0.104. The van der Waals surface area contributed by atoms with Gasteiger partial charge in [-0.3, -0.25) is 4.79 Å². The highest BCUT2D eigenvalue weighted by atomic mass is 35.5. The maximum absolute atomic E-state index is 11.8. The number of halogens is 1. The molecule has 78 valence electrons. The Balaban J connectivity index is 2.17. The molecule has 1 aromatic carbocycles. The van der Waals surface area contributed by atoms with Gasteiger partial charge >= 0.3 is 0 Å². The van der Waals surface area contributed by atoms with Gasteiger partial charge in [-0.1, -0.05) is 35.4 Å². The van der Waals surface area contributed by atoms with Crippen molar-refractivity contribution < 1.29 is 4.79 Å². The minimum atomic E-state index is 0.00981. The molecule has 1 saturated carbocycles. The molecule has 1 aromatic rings. The van der Waals surface area contributed by atoms with Crippen LogP contribution in [0.5, 0.6) is 0 Å². The molecule has 0 atom stereocenters. The van der Waals surface area contributed by atoms with E-state index in [2.05, 4.69) is 0 Å². The Hall–Kier alpha value is -1.08. The molecule has 1 aliphatic carbocycles. The summed E-state index contributed by atoms with van der Waals surface area (Å²) in [7, 11) is 0. The molecular formula is C13H13ClO.